The molecule has 0 fully saturated rings. The Bertz CT molecular complexity index is 589. The SMILES string of the molecule is Cc1cccc(CN(Cc2ccccn2)C(=O)CCN)c1.Cl. The van der Waals surface area contributed by atoms with Gasteiger partial charge < -0.3 is 10.6 Å². The molecule has 118 valence electrons. The van der Waals surface area contributed by atoms with Crippen molar-refractivity contribution >= 4 is 18.3 Å². The lowest BCUT2D eigenvalue weighted by molar-refractivity contribution is -0.132. The number of hydrogen-bond donors (Lipinski definition) is 1. The maximum atomic E-state index is 12.3. The van der Waals surface area contributed by atoms with E-state index in [9.17, 15) is 4.79 Å². The van der Waals surface area contributed by atoms with Crippen LogP contribution < -0.4 is 5.73 Å². The van der Waals surface area contributed by atoms with Gasteiger partial charge in [-0.3, -0.25) is 9.78 Å². The number of amides is 1. The Morgan fingerprint density at radius 1 is 1.18 bits per heavy atom. The normalized spacial score (nSPS) is 9.91. The number of halogens is 1. The highest BCUT2D eigenvalue weighted by Crippen LogP contribution is 2.11. The van der Waals surface area contributed by atoms with E-state index >= 15 is 0 Å². The van der Waals surface area contributed by atoms with Crippen molar-refractivity contribution in [3.05, 3.63) is 65.5 Å². The van der Waals surface area contributed by atoms with Crippen LogP contribution in [-0.2, 0) is 17.9 Å². The number of aryl methyl sites for hydroxylation is 1. The molecule has 2 rings (SSSR count). The van der Waals surface area contributed by atoms with Crippen molar-refractivity contribution < 1.29 is 4.79 Å². The minimum absolute atomic E-state index is 0. The second kappa shape index (κ2) is 9.18. The molecule has 1 aromatic carbocycles. The van der Waals surface area contributed by atoms with Gasteiger partial charge in [0.1, 0.15) is 0 Å². The van der Waals surface area contributed by atoms with Crippen LogP contribution in [0.1, 0.15) is 23.2 Å². The van der Waals surface area contributed by atoms with Gasteiger partial charge >= 0.3 is 0 Å². The van der Waals surface area contributed by atoms with Gasteiger partial charge in [-0.25, -0.2) is 0 Å². The molecule has 0 radical (unpaired) electrons. The molecular formula is C17H22ClN3O. The van der Waals surface area contributed by atoms with E-state index < -0.39 is 0 Å². The first-order valence-corrected chi connectivity index (χ1v) is 7.12. The van der Waals surface area contributed by atoms with Gasteiger partial charge in [0.15, 0.2) is 0 Å². The fourth-order valence-corrected chi connectivity index (χ4v) is 2.23. The van der Waals surface area contributed by atoms with E-state index in [-0.39, 0.29) is 18.3 Å². The van der Waals surface area contributed by atoms with Crippen LogP contribution in [0.3, 0.4) is 0 Å². The molecule has 5 heteroatoms. The van der Waals surface area contributed by atoms with E-state index in [1.54, 1.807) is 6.20 Å². The molecule has 0 bridgehead atoms. The summed E-state index contributed by atoms with van der Waals surface area (Å²) in [6.45, 7) is 3.50. The zero-order valence-electron chi connectivity index (χ0n) is 12.7. The highest BCUT2D eigenvalue weighted by molar-refractivity contribution is 5.85. The highest BCUT2D eigenvalue weighted by atomic mass is 35.5. The fourth-order valence-electron chi connectivity index (χ4n) is 2.23. The molecule has 1 amide bonds. The van der Waals surface area contributed by atoms with Gasteiger partial charge in [0.25, 0.3) is 0 Å². The Morgan fingerprint density at radius 2 is 2.00 bits per heavy atom. The first-order valence-electron chi connectivity index (χ1n) is 7.12. The smallest absolute Gasteiger partial charge is 0.224 e. The van der Waals surface area contributed by atoms with Crippen LogP contribution in [0.5, 0.6) is 0 Å². The minimum Gasteiger partial charge on any atom is -0.332 e. The molecule has 1 aromatic heterocycles. The first kappa shape index (κ1) is 18.1. The molecule has 0 spiro atoms. The molecule has 4 nitrogen and oxygen atoms in total. The van der Waals surface area contributed by atoms with Crippen molar-refractivity contribution in [3.8, 4) is 0 Å². The van der Waals surface area contributed by atoms with Gasteiger partial charge in [0.2, 0.25) is 5.91 Å². The number of aromatic nitrogens is 1. The zero-order valence-corrected chi connectivity index (χ0v) is 13.6. The van der Waals surface area contributed by atoms with Crippen LogP contribution in [0.4, 0.5) is 0 Å². The summed E-state index contributed by atoms with van der Waals surface area (Å²) in [5.41, 5.74) is 8.71. The average Bonchev–Trinajstić information content (AvgIpc) is 2.48. The molecule has 0 saturated carbocycles. The van der Waals surface area contributed by atoms with Crippen LogP contribution in [0, 0.1) is 6.92 Å². The Hall–Kier alpha value is -1.91. The average molecular weight is 320 g/mol. The number of pyridine rings is 1. The lowest BCUT2D eigenvalue weighted by Crippen LogP contribution is -2.31. The van der Waals surface area contributed by atoms with Crippen molar-refractivity contribution in [1.82, 2.24) is 9.88 Å². The number of nitrogens with two attached hydrogens (primary N) is 1. The summed E-state index contributed by atoms with van der Waals surface area (Å²) in [6, 6.07) is 13.9. The Balaban J connectivity index is 0.00000242. The molecule has 0 atom stereocenters. The van der Waals surface area contributed by atoms with Gasteiger partial charge in [-0.15, -0.1) is 12.4 Å². The van der Waals surface area contributed by atoms with Gasteiger partial charge in [-0.2, -0.15) is 0 Å². The maximum Gasteiger partial charge on any atom is 0.224 e. The number of benzene rings is 1. The molecule has 0 aliphatic heterocycles. The van der Waals surface area contributed by atoms with Crippen molar-refractivity contribution in [2.75, 3.05) is 6.54 Å². The van der Waals surface area contributed by atoms with E-state index in [0.717, 1.165) is 11.3 Å². The summed E-state index contributed by atoms with van der Waals surface area (Å²) >= 11 is 0. The summed E-state index contributed by atoms with van der Waals surface area (Å²) in [5, 5.41) is 0. The summed E-state index contributed by atoms with van der Waals surface area (Å²) in [7, 11) is 0. The lowest BCUT2D eigenvalue weighted by Gasteiger charge is -2.22. The van der Waals surface area contributed by atoms with Crippen LogP contribution in [0.15, 0.2) is 48.7 Å². The highest BCUT2D eigenvalue weighted by Gasteiger charge is 2.14. The van der Waals surface area contributed by atoms with E-state index in [1.165, 1.54) is 5.56 Å². The van der Waals surface area contributed by atoms with Crippen molar-refractivity contribution in [3.63, 3.8) is 0 Å². The summed E-state index contributed by atoms with van der Waals surface area (Å²) in [5.74, 6) is 0.0599. The number of carbonyl (C=O) groups is 1. The monoisotopic (exact) mass is 319 g/mol. The maximum absolute atomic E-state index is 12.3. The topological polar surface area (TPSA) is 59.2 Å². The van der Waals surface area contributed by atoms with Crippen LogP contribution in [0.2, 0.25) is 0 Å². The van der Waals surface area contributed by atoms with E-state index in [1.807, 2.05) is 48.2 Å². The van der Waals surface area contributed by atoms with Crippen LogP contribution >= 0.6 is 12.4 Å². The Labute approximate surface area is 137 Å². The van der Waals surface area contributed by atoms with Gasteiger partial charge in [-0.1, -0.05) is 35.9 Å². The minimum atomic E-state index is 0. The van der Waals surface area contributed by atoms with Crippen LogP contribution in [-0.4, -0.2) is 22.3 Å². The number of hydrogen-bond acceptors (Lipinski definition) is 3. The third kappa shape index (κ3) is 5.47. The number of carbonyl (C=O) groups excluding carboxylic acids is 1. The molecule has 0 aliphatic carbocycles. The van der Waals surface area contributed by atoms with Crippen molar-refractivity contribution in [2.24, 2.45) is 5.73 Å². The standard InChI is InChI=1S/C17H21N3O.ClH/c1-14-5-4-6-15(11-14)12-20(17(21)8-9-18)13-16-7-2-3-10-19-16;/h2-7,10-11H,8-9,12-13,18H2,1H3;1H. The zero-order chi connectivity index (χ0) is 15.1. The van der Waals surface area contributed by atoms with Crippen molar-refractivity contribution in [2.45, 2.75) is 26.4 Å². The van der Waals surface area contributed by atoms with E-state index in [4.69, 9.17) is 5.73 Å². The molecule has 0 saturated heterocycles. The molecule has 0 unspecified atom stereocenters. The second-order valence-corrected chi connectivity index (χ2v) is 5.10. The quantitative estimate of drug-likeness (QED) is 0.890. The fraction of sp³-hybridized carbons (Fsp3) is 0.294. The predicted octanol–water partition coefficient (Wildman–Crippen LogP) is 2.69. The van der Waals surface area contributed by atoms with Gasteiger partial charge in [0.05, 0.1) is 12.2 Å². The predicted molar refractivity (Wildman–Crippen MR) is 90.6 cm³/mol. The van der Waals surface area contributed by atoms with E-state index in [2.05, 4.69) is 11.1 Å². The summed E-state index contributed by atoms with van der Waals surface area (Å²) < 4.78 is 0. The van der Waals surface area contributed by atoms with Gasteiger partial charge in [0, 0.05) is 25.7 Å². The Morgan fingerprint density at radius 3 is 2.64 bits per heavy atom. The van der Waals surface area contributed by atoms with Crippen molar-refractivity contribution in [1.29, 1.82) is 0 Å². The molecular weight excluding hydrogens is 298 g/mol. The van der Waals surface area contributed by atoms with Crippen LogP contribution in [0.25, 0.3) is 0 Å². The third-order valence-corrected chi connectivity index (χ3v) is 3.25. The summed E-state index contributed by atoms with van der Waals surface area (Å²) in [4.78, 5) is 18.4. The molecule has 2 N–H and O–H groups in total. The third-order valence-electron chi connectivity index (χ3n) is 3.25. The summed E-state index contributed by atoms with van der Waals surface area (Å²) in [6.07, 6.45) is 2.10. The number of nitrogens with zero attached hydrogens (tertiary/aromatic N) is 2. The molecule has 2 aromatic rings. The molecule has 0 aliphatic rings. The number of rotatable bonds is 6. The Kier molecular flexibility index (Phi) is 7.57. The largest absolute Gasteiger partial charge is 0.332 e. The van der Waals surface area contributed by atoms with E-state index in [0.29, 0.717) is 26.1 Å². The molecule has 22 heavy (non-hydrogen) atoms. The molecule has 1 heterocycles. The first-order chi connectivity index (χ1) is 10.2. The van der Waals surface area contributed by atoms with Gasteiger partial charge in [-0.05, 0) is 24.6 Å². The second-order valence-electron chi connectivity index (χ2n) is 5.10. The lowest BCUT2D eigenvalue weighted by atomic mass is 10.1.